The van der Waals surface area contributed by atoms with Crippen molar-refractivity contribution in [1.82, 2.24) is 4.90 Å². The zero-order chi connectivity index (χ0) is 17.0. The largest absolute Gasteiger partial charge is 0.372 e. The summed E-state index contributed by atoms with van der Waals surface area (Å²) in [6, 6.07) is 4.68. The SMILES string of the molecule is CC1CN(C(=O)/C(C#N)=C\Nc2cc(F)ccc2F)CC(C)O1. The van der Waals surface area contributed by atoms with Crippen LogP contribution in [0.25, 0.3) is 0 Å². The number of ether oxygens (including phenoxy) is 1. The standard InChI is InChI=1S/C16H17F2N3O2/c1-10-8-21(9-11(2)23-10)16(22)12(6-19)7-20-15-5-13(17)3-4-14(15)18/h3-5,7,10-11,20H,8-9H2,1-2H3/b12-7-. The highest BCUT2D eigenvalue weighted by Crippen LogP contribution is 2.17. The maximum Gasteiger partial charge on any atom is 0.266 e. The summed E-state index contributed by atoms with van der Waals surface area (Å²) in [7, 11) is 0. The third-order valence-corrected chi connectivity index (χ3v) is 3.36. The Balaban J connectivity index is 2.14. The lowest BCUT2D eigenvalue weighted by atomic mass is 10.2. The third kappa shape index (κ3) is 4.27. The number of hydrogen-bond donors (Lipinski definition) is 1. The van der Waals surface area contributed by atoms with Crippen LogP contribution in [0.5, 0.6) is 0 Å². The number of hydrogen-bond acceptors (Lipinski definition) is 4. The van der Waals surface area contributed by atoms with Crippen molar-refractivity contribution in [3.05, 3.63) is 41.6 Å². The molecule has 1 N–H and O–H groups in total. The van der Waals surface area contributed by atoms with Crippen LogP contribution >= 0.6 is 0 Å². The predicted octanol–water partition coefficient (Wildman–Crippen LogP) is 2.42. The lowest BCUT2D eigenvalue weighted by molar-refractivity contribution is -0.138. The molecule has 2 rings (SSSR count). The summed E-state index contributed by atoms with van der Waals surface area (Å²) in [5.41, 5.74) is -0.329. The molecule has 23 heavy (non-hydrogen) atoms. The predicted molar refractivity (Wildman–Crippen MR) is 80.3 cm³/mol. The molecule has 1 amide bonds. The van der Waals surface area contributed by atoms with Crippen LogP contribution in [0.1, 0.15) is 13.8 Å². The Morgan fingerprint density at radius 2 is 2.04 bits per heavy atom. The Morgan fingerprint density at radius 3 is 2.65 bits per heavy atom. The molecule has 0 bridgehead atoms. The van der Waals surface area contributed by atoms with Crippen LogP contribution in [0.4, 0.5) is 14.5 Å². The molecule has 1 aliphatic heterocycles. The zero-order valence-electron chi connectivity index (χ0n) is 12.8. The van der Waals surface area contributed by atoms with E-state index in [0.717, 1.165) is 24.4 Å². The smallest absolute Gasteiger partial charge is 0.266 e. The van der Waals surface area contributed by atoms with Crippen molar-refractivity contribution < 1.29 is 18.3 Å². The van der Waals surface area contributed by atoms with E-state index in [1.807, 2.05) is 13.8 Å². The number of anilines is 1. The highest BCUT2D eigenvalue weighted by molar-refractivity contribution is 5.97. The number of nitrogens with one attached hydrogen (secondary N) is 1. The molecule has 0 radical (unpaired) electrons. The van der Waals surface area contributed by atoms with E-state index in [-0.39, 0.29) is 23.5 Å². The van der Waals surface area contributed by atoms with Crippen molar-refractivity contribution in [1.29, 1.82) is 5.26 Å². The number of carbonyl (C=O) groups is 1. The van der Waals surface area contributed by atoms with Crippen LogP contribution in [-0.4, -0.2) is 36.1 Å². The minimum absolute atomic E-state index is 0.128. The van der Waals surface area contributed by atoms with Gasteiger partial charge in [0.15, 0.2) is 0 Å². The molecule has 0 aliphatic carbocycles. The summed E-state index contributed by atoms with van der Waals surface area (Å²) >= 11 is 0. The number of rotatable bonds is 3. The minimum Gasteiger partial charge on any atom is -0.372 e. The van der Waals surface area contributed by atoms with Crippen molar-refractivity contribution in [3.8, 4) is 6.07 Å². The quantitative estimate of drug-likeness (QED) is 0.686. The Hall–Kier alpha value is -2.46. The Kier molecular flexibility index (Phi) is 5.29. The van der Waals surface area contributed by atoms with Gasteiger partial charge in [0.1, 0.15) is 23.3 Å². The molecule has 7 heteroatoms. The van der Waals surface area contributed by atoms with E-state index in [2.05, 4.69) is 5.32 Å². The molecule has 2 atom stereocenters. The van der Waals surface area contributed by atoms with Gasteiger partial charge in [-0.1, -0.05) is 0 Å². The second-order valence-corrected chi connectivity index (χ2v) is 5.41. The van der Waals surface area contributed by atoms with Gasteiger partial charge in [-0.2, -0.15) is 5.26 Å². The fraction of sp³-hybridized carbons (Fsp3) is 0.375. The highest BCUT2D eigenvalue weighted by Gasteiger charge is 2.27. The van der Waals surface area contributed by atoms with Gasteiger partial charge in [0, 0.05) is 25.4 Å². The Morgan fingerprint density at radius 1 is 1.39 bits per heavy atom. The monoisotopic (exact) mass is 321 g/mol. The van der Waals surface area contributed by atoms with Crippen molar-refractivity contribution in [2.45, 2.75) is 26.1 Å². The van der Waals surface area contributed by atoms with Gasteiger partial charge in [-0.05, 0) is 26.0 Å². The molecule has 5 nitrogen and oxygen atoms in total. The number of amides is 1. The van der Waals surface area contributed by atoms with E-state index >= 15 is 0 Å². The first-order chi connectivity index (χ1) is 10.9. The van der Waals surface area contributed by atoms with E-state index in [1.54, 1.807) is 6.07 Å². The van der Waals surface area contributed by atoms with E-state index in [1.165, 1.54) is 4.90 Å². The average Bonchev–Trinajstić information content (AvgIpc) is 2.50. The molecular weight excluding hydrogens is 304 g/mol. The normalized spacial score (nSPS) is 21.7. The lowest BCUT2D eigenvalue weighted by Gasteiger charge is -2.35. The number of nitriles is 1. The van der Waals surface area contributed by atoms with Crippen molar-refractivity contribution in [2.24, 2.45) is 0 Å². The molecule has 1 fully saturated rings. The van der Waals surface area contributed by atoms with E-state index in [4.69, 9.17) is 10.00 Å². The second-order valence-electron chi connectivity index (χ2n) is 5.41. The minimum atomic E-state index is -0.680. The molecule has 1 aromatic carbocycles. The van der Waals surface area contributed by atoms with Crippen LogP contribution in [0.3, 0.4) is 0 Å². The first-order valence-corrected chi connectivity index (χ1v) is 7.17. The molecule has 1 heterocycles. The van der Waals surface area contributed by atoms with E-state index in [0.29, 0.717) is 13.1 Å². The summed E-state index contributed by atoms with van der Waals surface area (Å²) in [6.07, 6.45) is 0.831. The molecule has 0 saturated carbocycles. The van der Waals surface area contributed by atoms with Gasteiger partial charge < -0.3 is 15.0 Å². The van der Waals surface area contributed by atoms with Crippen LogP contribution < -0.4 is 5.32 Å². The van der Waals surface area contributed by atoms with Crippen LogP contribution in [0.15, 0.2) is 30.0 Å². The first-order valence-electron chi connectivity index (χ1n) is 7.17. The van der Waals surface area contributed by atoms with Crippen LogP contribution in [0.2, 0.25) is 0 Å². The molecular formula is C16H17F2N3O2. The first kappa shape index (κ1) is 16.9. The van der Waals surface area contributed by atoms with Crippen molar-refractivity contribution in [2.75, 3.05) is 18.4 Å². The van der Waals surface area contributed by atoms with E-state index in [9.17, 15) is 13.6 Å². The fourth-order valence-corrected chi connectivity index (χ4v) is 2.41. The molecule has 0 aromatic heterocycles. The summed E-state index contributed by atoms with van der Waals surface area (Å²) in [4.78, 5) is 13.9. The van der Waals surface area contributed by atoms with Gasteiger partial charge in [-0.3, -0.25) is 4.79 Å². The molecule has 2 unspecified atom stereocenters. The van der Waals surface area contributed by atoms with Gasteiger partial charge in [0.05, 0.1) is 17.9 Å². The molecule has 0 spiro atoms. The molecule has 1 saturated heterocycles. The second kappa shape index (κ2) is 7.20. The van der Waals surface area contributed by atoms with Crippen LogP contribution in [-0.2, 0) is 9.53 Å². The van der Waals surface area contributed by atoms with E-state index < -0.39 is 17.5 Å². The van der Waals surface area contributed by atoms with Crippen molar-refractivity contribution >= 4 is 11.6 Å². The van der Waals surface area contributed by atoms with Gasteiger partial charge in [0.2, 0.25) is 0 Å². The fourth-order valence-electron chi connectivity index (χ4n) is 2.41. The Bertz CT molecular complexity index is 660. The summed E-state index contributed by atoms with van der Waals surface area (Å²) in [5.74, 6) is -1.78. The zero-order valence-corrected chi connectivity index (χ0v) is 12.8. The topological polar surface area (TPSA) is 65.4 Å². The maximum absolute atomic E-state index is 13.5. The number of morpholine rings is 1. The van der Waals surface area contributed by atoms with Crippen LogP contribution in [0, 0.1) is 23.0 Å². The lowest BCUT2D eigenvalue weighted by Crippen LogP contribution is -2.48. The average molecular weight is 321 g/mol. The number of halogens is 2. The molecule has 1 aromatic rings. The highest BCUT2D eigenvalue weighted by atomic mass is 19.1. The number of carbonyl (C=O) groups excluding carboxylic acids is 1. The van der Waals surface area contributed by atoms with Gasteiger partial charge in [-0.25, -0.2) is 8.78 Å². The summed E-state index contributed by atoms with van der Waals surface area (Å²) < 4.78 is 32.2. The third-order valence-electron chi connectivity index (χ3n) is 3.36. The number of nitrogens with zero attached hydrogens (tertiary/aromatic N) is 2. The van der Waals surface area contributed by atoms with Crippen molar-refractivity contribution in [3.63, 3.8) is 0 Å². The van der Waals surface area contributed by atoms with Gasteiger partial charge >= 0.3 is 0 Å². The summed E-state index contributed by atoms with van der Waals surface area (Å²) in [6.45, 7) is 4.42. The van der Waals surface area contributed by atoms with Gasteiger partial charge in [-0.15, -0.1) is 0 Å². The maximum atomic E-state index is 13.5. The van der Waals surface area contributed by atoms with Gasteiger partial charge in [0.25, 0.3) is 5.91 Å². The summed E-state index contributed by atoms with van der Waals surface area (Å²) in [5, 5.41) is 11.6. The Labute approximate surface area is 133 Å². The number of benzene rings is 1. The molecule has 1 aliphatic rings. The molecule has 122 valence electrons.